The maximum atomic E-state index is 12.3. The summed E-state index contributed by atoms with van der Waals surface area (Å²) in [5.74, 6) is 2.03. The molecule has 0 saturated heterocycles. The van der Waals surface area contributed by atoms with Crippen LogP contribution in [-0.2, 0) is 11.2 Å². The number of pyridine rings is 1. The molecule has 1 aromatic rings. The zero-order valence-electron chi connectivity index (χ0n) is 12.6. The van der Waals surface area contributed by atoms with E-state index in [2.05, 4.69) is 23.9 Å². The predicted octanol–water partition coefficient (Wildman–Crippen LogP) is 2.05. The van der Waals surface area contributed by atoms with Crippen molar-refractivity contribution in [3.8, 4) is 12.3 Å². The van der Waals surface area contributed by atoms with E-state index >= 15 is 0 Å². The lowest BCUT2D eigenvalue weighted by Gasteiger charge is -2.41. The molecule has 0 aliphatic carbocycles. The Kier molecular flexibility index (Phi) is 5.35. The van der Waals surface area contributed by atoms with Crippen LogP contribution < -0.4 is 5.73 Å². The molecule has 0 saturated carbocycles. The number of rotatable bonds is 5. The van der Waals surface area contributed by atoms with Crippen LogP contribution in [0, 0.1) is 12.3 Å². The fourth-order valence-electron chi connectivity index (χ4n) is 3.16. The topological polar surface area (TPSA) is 59.2 Å². The number of terminal acetylenes is 1. The van der Waals surface area contributed by atoms with Crippen LogP contribution in [0.3, 0.4) is 0 Å². The van der Waals surface area contributed by atoms with Crippen molar-refractivity contribution in [2.24, 2.45) is 5.73 Å². The maximum Gasteiger partial charge on any atom is 0.299 e. The van der Waals surface area contributed by atoms with E-state index < -0.39 is 0 Å². The van der Waals surface area contributed by atoms with Gasteiger partial charge in [0.25, 0.3) is 5.91 Å². The van der Waals surface area contributed by atoms with E-state index in [4.69, 9.17) is 12.2 Å². The van der Waals surface area contributed by atoms with Crippen LogP contribution in [0.2, 0.25) is 0 Å². The van der Waals surface area contributed by atoms with Crippen LogP contribution in [0.25, 0.3) is 0 Å². The second-order valence-electron chi connectivity index (χ2n) is 5.50. The first-order valence-corrected chi connectivity index (χ1v) is 7.65. The van der Waals surface area contributed by atoms with Gasteiger partial charge in [0.15, 0.2) is 0 Å². The van der Waals surface area contributed by atoms with E-state index in [1.54, 1.807) is 6.20 Å². The van der Waals surface area contributed by atoms with Crippen LogP contribution in [-0.4, -0.2) is 28.4 Å². The van der Waals surface area contributed by atoms with Crippen LogP contribution in [0.5, 0.6) is 0 Å². The van der Waals surface area contributed by atoms with E-state index in [9.17, 15) is 4.79 Å². The molecule has 0 fully saturated rings. The summed E-state index contributed by atoms with van der Waals surface area (Å²) in [5, 5.41) is 0. The number of unbranched alkanes of at least 4 members (excludes halogenated alkanes) is 1. The molecule has 2 heterocycles. The number of fused-ring (bicyclic) bond motifs is 1. The zero-order valence-corrected chi connectivity index (χ0v) is 12.6. The summed E-state index contributed by atoms with van der Waals surface area (Å²) < 4.78 is 0. The Labute approximate surface area is 126 Å². The molecule has 1 aliphatic rings. The summed E-state index contributed by atoms with van der Waals surface area (Å²) in [5.41, 5.74) is 7.93. The van der Waals surface area contributed by atoms with E-state index in [1.165, 1.54) is 5.56 Å². The Balaban J connectivity index is 2.39. The van der Waals surface area contributed by atoms with Crippen LogP contribution in [0.1, 0.15) is 49.9 Å². The molecule has 2 rings (SSSR count). The third-order valence-corrected chi connectivity index (χ3v) is 4.12. The van der Waals surface area contributed by atoms with Gasteiger partial charge in [-0.1, -0.05) is 25.8 Å². The summed E-state index contributed by atoms with van der Waals surface area (Å²) in [6.07, 6.45) is 11.8. The van der Waals surface area contributed by atoms with Crippen molar-refractivity contribution in [3.63, 3.8) is 0 Å². The van der Waals surface area contributed by atoms with Gasteiger partial charge in [0, 0.05) is 12.2 Å². The maximum absolute atomic E-state index is 12.3. The first-order chi connectivity index (χ1) is 10.2. The summed E-state index contributed by atoms with van der Waals surface area (Å²) in [4.78, 5) is 18.6. The molecule has 1 amide bonds. The van der Waals surface area contributed by atoms with E-state index in [-0.39, 0.29) is 18.0 Å². The fraction of sp³-hybridized carbons (Fsp3) is 0.529. The zero-order chi connectivity index (χ0) is 15.2. The summed E-state index contributed by atoms with van der Waals surface area (Å²) in [6.45, 7) is 2.67. The minimum absolute atomic E-state index is 0.0923. The third kappa shape index (κ3) is 3.25. The summed E-state index contributed by atoms with van der Waals surface area (Å²) in [7, 11) is 0. The highest BCUT2D eigenvalue weighted by molar-refractivity contribution is 5.93. The molecule has 0 bridgehead atoms. The van der Waals surface area contributed by atoms with Crippen molar-refractivity contribution in [2.45, 2.75) is 51.1 Å². The average Bonchev–Trinajstić information content (AvgIpc) is 2.52. The third-order valence-electron chi connectivity index (χ3n) is 4.12. The highest BCUT2D eigenvalue weighted by Crippen LogP contribution is 2.35. The average molecular weight is 285 g/mol. The van der Waals surface area contributed by atoms with Gasteiger partial charge in [-0.25, -0.2) is 0 Å². The highest BCUT2D eigenvalue weighted by atomic mass is 16.2. The number of aromatic nitrogens is 1. The van der Waals surface area contributed by atoms with Gasteiger partial charge in [-0.3, -0.25) is 9.78 Å². The van der Waals surface area contributed by atoms with Crippen molar-refractivity contribution in [3.05, 3.63) is 29.6 Å². The molecule has 4 nitrogen and oxygen atoms in total. The Morgan fingerprint density at radius 3 is 3.05 bits per heavy atom. The normalized spacial score (nSPS) is 20.7. The number of carbonyl (C=O) groups excluding carboxylic acids is 1. The van der Waals surface area contributed by atoms with Gasteiger partial charge < -0.3 is 10.6 Å². The smallest absolute Gasteiger partial charge is 0.299 e. The van der Waals surface area contributed by atoms with Gasteiger partial charge in [-0.05, 0) is 43.4 Å². The molecule has 1 aliphatic heterocycles. The van der Waals surface area contributed by atoms with Crippen LogP contribution >= 0.6 is 0 Å². The summed E-state index contributed by atoms with van der Waals surface area (Å²) >= 11 is 0. The van der Waals surface area contributed by atoms with Gasteiger partial charge >= 0.3 is 0 Å². The number of amides is 1. The molecule has 0 spiro atoms. The largest absolute Gasteiger partial charge is 0.330 e. The Morgan fingerprint density at radius 1 is 1.57 bits per heavy atom. The Bertz CT molecular complexity index is 535. The SMILES string of the molecule is C#CC(=O)N1C(CCN)c2ncccc2C[C@@H]1CCCC. The van der Waals surface area contributed by atoms with Crippen LogP contribution in [0.4, 0.5) is 0 Å². The van der Waals surface area contributed by atoms with Gasteiger partial charge in [0.2, 0.25) is 0 Å². The van der Waals surface area contributed by atoms with Crippen molar-refractivity contribution in [1.82, 2.24) is 9.88 Å². The lowest BCUT2D eigenvalue weighted by Crippen LogP contribution is -2.47. The number of hydrogen-bond acceptors (Lipinski definition) is 3. The van der Waals surface area contributed by atoms with E-state index in [0.29, 0.717) is 13.0 Å². The van der Waals surface area contributed by atoms with Crippen molar-refractivity contribution < 1.29 is 4.79 Å². The Morgan fingerprint density at radius 2 is 2.38 bits per heavy atom. The second-order valence-corrected chi connectivity index (χ2v) is 5.50. The van der Waals surface area contributed by atoms with Gasteiger partial charge in [-0.15, -0.1) is 6.42 Å². The molecule has 112 valence electrons. The minimum atomic E-state index is -0.245. The number of nitrogens with two attached hydrogens (primary N) is 1. The highest BCUT2D eigenvalue weighted by Gasteiger charge is 2.36. The fourth-order valence-corrected chi connectivity index (χ4v) is 3.16. The monoisotopic (exact) mass is 285 g/mol. The van der Waals surface area contributed by atoms with E-state index in [1.807, 2.05) is 11.0 Å². The van der Waals surface area contributed by atoms with E-state index in [0.717, 1.165) is 31.4 Å². The second kappa shape index (κ2) is 7.24. The number of carbonyl (C=O) groups is 1. The van der Waals surface area contributed by atoms with Crippen molar-refractivity contribution in [2.75, 3.05) is 6.54 Å². The first-order valence-electron chi connectivity index (χ1n) is 7.65. The standard InChI is InChI=1S/C17H23N3O/c1-3-5-8-14-12-13-7-6-11-19-17(13)15(9-10-18)20(14)16(21)4-2/h2,6-7,11,14-15H,3,5,8-10,12,18H2,1H3/t14-,15?/m0/s1. The molecular formula is C17H23N3O. The number of hydrogen-bond donors (Lipinski definition) is 1. The lowest BCUT2D eigenvalue weighted by molar-refractivity contribution is -0.131. The minimum Gasteiger partial charge on any atom is -0.330 e. The number of nitrogens with zero attached hydrogens (tertiary/aromatic N) is 2. The molecule has 1 unspecified atom stereocenters. The Hall–Kier alpha value is -1.86. The molecule has 4 heteroatoms. The molecular weight excluding hydrogens is 262 g/mol. The lowest BCUT2D eigenvalue weighted by atomic mass is 9.88. The molecule has 21 heavy (non-hydrogen) atoms. The molecule has 1 aromatic heterocycles. The molecule has 2 atom stereocenters. The quantitative estimate of drug-likeness (QED) is 0.842. The van der Waals surface area contributed by atoms with Gasteiger partial charge in [-0.2, -0.15) is 0 Å². The van der Waals surface area contributed by atoms with Crippen molar-refractivity contribution >= 4 is 5.91 Å². The summed E-state index contributed by atoms with van der Waals surface area (Å²) in [6, 6.07) is 4.11. The molecule has 2 N–H and O–H groups in total. The van der Waals surface area contributed by atoms with Crippen LogP contribution in [0.15, 0.2) is 18.3 Å². The van der Waals surface area contributed by atoms with Crippen molar-refractivity contribution in [1.29, 1.82) is 0 Å². The first kappa shape index (κ1) is 15.5. The van der Waals surface area contributed by atoms with Gasteiger partial charge in [0.1, 0.15) is 0 Å². The predicted molar refractivity (Wildman–Crippen MR) is 83.3 cm³/mol. The molecule has 0 radical (unpaired) electrons. The van der Waals surface area contributed by atoms with Gasteiger partial charge in [0.05, 0.1) is 11.7 Å². The molecule has 0 aromatic carbocycles.